The number of aromatic nitrogens is 2. The van der Waals surface area contributed by atoms with Crippen molar-refractivity contribution in [2.75, 3.05) is 6.54 Å². The van der Waals surface area contributed by atoms with Gasteiger partial charge in [-0.15, -0.1) is 22.7 Å². The predicted octanol–water partition coefficient (Wildman–Crippen LogP) is 4.17. The van der Waals surface area contributed by atoms with Gasteiger partial charge in [-0.05, 0) is 23.5 Å². The molecule has 32 heavy (non-hydrogen) atoms. The van der Waals surface area contributed by atoms with E-state index in [1.54, 1.807) is 27.6 Å². The Morgan fingerprint density at radius 1 is 1.28 bits per heavy atom. The number of aliphatic hydroxyl groups excluding tert-OH is 1. The van der Waals surface area contributed by atoms with Gasteiger partial charge in [0.15, 0.2) is 0 Å². The number of aliphatic hydroxyl groups is 1. The van der Waals surface area contributed by atoms with Crippen LogP contribution in [0.3, 0.4) is 0 Å². The number of thiazole rings is 2. The van der Waals surface area contributed by atoms with Gasteiger partial charge in [0.05, 0.1) is 34.3 Å². The van der Waals surface area contributed by atoms with Crippen LogP contribution in [0.2, 0.25) is 0 Å². The fraction of sp³-hybridized carbons (Fsp3) is 0.458. The van der Waals surface area contributed by atoms with Gasteiger partial charge in [0.2, 0.25) is 5.91 Å². The summed E-state index contributed by atoms with van der Waals surface area (Å²) in [5, 5.41) is 11.1. The lowest BCUT2D eigenvalue weighted by molar-refractivity contribution is -0.136. The minimum Gasteiger partial charge on any atom is -0.391 e. The van der Waals surface area contributed by atoms with Crippen LogP contribution < -0.4 is 5.73 Å². The molecule has 0 spiro atoms. The largest absolute Gasteiger partial charge is 0.391 e. The van der Waals surface area contributed by atoms with Crippen LogP contribution in [0.4, 0.5) is 0 Å². The van der Waals surface area contributed by atoms with Crippen LogP contribution in [-0.4, -0.2) is 44.6 Å². The van der Waals surface area contributed by atoms with E-state index in [0.717, 1.165) is 22.0 Å². The normalized spacial score (nSPS) is 20.0. The molecule has 4 rings (SSSR count). The van der Waals surface area contributed by atoms with Crippen LogP contribution in [0.1, 0.15) is 54.4 Å². The SMILES string of the molecule is Cc1ncsc1-c1ccc(Cc2cnc([C@@H]3C[C@@H](O)CN3C(=O)C(N)C(C)(C)C)s2)cc1. The fourth-order valence-corrected chi connectivity index (χ4v) is 5.84. The van der Waals surface area contributed by atoms with E-state index < -0.39 is 12.1 Å². The summed E-state index contributed by atoms with van der Waals surface area (Å²) in [5.41, 5.74) is 11.2. The molecule has 1 fully saturated rings. The Bertz CT molecular complexity index is 1080. The number of nitrogens with zero attached hydrogens (tertiary/aromatic N) is 3. The van der Waals surface area contributed by atoms with E-state index in [1.165, 1.54) is 16.0 Å². The lowest BCUT2D eigenvalue weighted by atomic mass is 9.86. The van der Waals surface area contributed by atoms with E-state index in [0.29, 0.717) is 13.0 Å². The second-order valence-corrected chi connectivity index (χ2v) is 11.5. The van der Waals surface area contributed by atoms with Gasteiger partial charge >= 0.3 is 0 Å². The summed E-state index contributed by atoms with van der Waals surface area (Å²) in [6.45, 7) is 8.21. The summed E-state index contributed by atoms with van der Waals surface area (Å²) in [7, 11) is 0. The van der Waals surface area contributed by atoms with Gasteiger partial charge in [0.25, 0.3) is 0 Å². The molecule has 1 unspecified atom stereocenters. The van der Waals surface area contributed by atoms with Crippen LogP contribution in [0.5, 0.6) is 0 Å². The summed E-state index contributed by atoms with van der Waals surface area (Å²) in [6, 6.07) is 7.73. The second kappa shape index (κ2) is 9.02. The Hall–Kier alpha value is -2.13. The minimum absolute atomic E-state index is 0.121. The maximum absolute atomic E-state index is 13.0. The van der Waals surface area contributed by atoms with Gasteiger partial charge in [-0.2, -0.15) is 0 Å². The molecular weight excluding hydrogens is 440 g/mol. The third kappa shape index (κ3) is 4.78. The van der Waals surface area contributed by atoms with E-state index in [4.69, 9.17) is 5.73 Å². The fourth-order valence-electron chi connectivity index (χ4n) is 3.95. The van der Waals surface area contributed by atoms with Gasteiger partial charge in [0, 0.05) is 30.5 Å². The molecule has 1 saturated heterocycles. The maximum atomic E-state index is 13.0. The topological polar surface area (TPSA) is 92.3 Å². The molecule has 3 atom stereocenters. The first-order valence-corrected chi connectivity index (χ1v) is 12.5. The van der Waals surface area contributed by atoms with Crippen LogP contribution >= 0.6 is 22.7 Å². The number of hydrogen-bond donors (Lipinski definition) is 2. The molecule has 3 heterocycles. The number of nitrogens with two attached hydrogens (primary N) is 1. The monoisotopic (exact) mass is 470 g/mol. The number of rotatable bonds is 5. The number of likely N-dealkylation sites (tertiary alicyclic amines) is 1. The molecule has 0 saturated carbocycles. The van der Waals surface area contributed by atoms with Crippen molar-refractivity contribution in [3.05, 3.63) is 57.1 Å². The Labute approximate surface area is 197 Å². The number of benzene rings is 1. The zero-order valence-corrected chi connectivity index (χ0v) is 20.5. The maximum Gasteiger partial charge on any atom is 0.240 e. The van der Waals surface area contributed by atoms with Crippen molar-refractivity contribution in [1.29, 1.82) is 0 Å². The Balaban J connectivity index is 1.48. The van der Waals surface area contributed by atoms with Gasteiger partial charge in [-0.1, -0.05) is 45.0 Å². The lowest BCUT2D eigenvalue weighted by Crippen LogP contribution is -2.50. The molecule has 2 aromatic heterocycles. The number of aryl methyl sites for hydroxylation is 1. The Morgan fingerprint density at radius 2 is 2.00 bits per heavy atom. The summed E-state index contributed by atoms with van der Waals surface area (Å²) in [4.78, 5) is 26.0. The van der Waals surface area contributed by atoms with Crippen LogP contribution in [0.15, 0.2) is 36.0 Å². The highest BCUT2D eigenvalue weighted by Crippen LogP contribution is 2.36. The van der Waals surface area contributed by atoms with E-state index in [1.807, 2.05) is 39.4 Å². The zero-order valence-electron chi connectivity index (χ0n) is 18.9. The van der Waals surface area contributed by atoms with Crippen molar-refractivity contribution in [1.82, 2.24) is 14.9 Å². The third-order valence-electron chi connectivity index (χ3n) is 5.96. The molecule has 3 aromatic rings. The van der Waals surface area contributed by atoms with Crippen molar-refractivity contribution in [3.8, 4) is 10.4 Å². The number of carbonyl (C=O) groups excluding carboxylic acids is 1. The first-order valence-electron chi connectivity index (χ1n) is 10.8. The Kier molecular flexibility index (Phi) is 6.49. The molecule has 0 bridgehead atoms. The van der Waals surface area contributed by atoms with E-state index in [9.17, 15) is 9.90 Å². The molecule has 1 aromatic carbocycles. The molecule has 1 aliphatic rings. The van der Waals surface area contributed by atoms with E-state index >= 15 is 0 Å². The molecule has 8 heteroatoms. The standard InChI is InChI=1S/C24H30N4O2S2/c1-14-20(31-13-27-14)16-7-5-15(6-8-16)9-18-11-26-22(32-18)19-10-17(29)12-28(19)23(30)21(25)24(2,3)4/h5-8,11,13,17,19,21,29H,9-10,12,25H2,1-4H3/t17-,19+,21?/m1/s1. The molecule has 3 N–H and O–H groups in total. The highest BCUT2D eigenvalue weighted by atomic mass is 32.1. The predicted molar refractivity (Wildman–Crippen MR) is 130 cm³/mol. The number of hydrogen-bond acceptors (Lipinski definition) is 7. The molecule has 170 valence electrons. The number of β-amino-alcohol motifs (C(OH)–C–C–N with tert-alkyl or cyclic N) is 1. The summed E-state index contributed by atoms with van der Waals surface area (Å²) in [5.74, 6) is -0.121. The quantitative estimate of drug-likeness (QED) is 0.584. The van der Waals surface area contributed by atoms with Crippen molar-refractivity contribution in [3.63, 3.8) is 0 Å². The van der Waals surface area contributed by atoms with Crippen molar-refractivity contribution < 1.29 is 9.90 Å². The van der Waals surface area contributed by atoms with Gasteiger partial charge in [-0.3, -0.25) is 4.79 Å². The smallest absolute Gasteiger partial charge is 0.240 e. The molecule has 6 nitrogen and oxygen atoms in total. The average molecular weight is 471 g/mol. The van der Waals surface area contributed by atoms with Crippen LogP contribution in [0.25, 0.3) is 10.4 Å². The number of amides is 1. The second-order valence-electron chi connectivity index (χ2n) is 9.55. The summed E-state index contributed by atoms with van der Waals surface area (Å²) in [6.07, 6.45) is 2.62. The first-order chi connectivity index (χ1) is 15.1. The molecule has 1 aliphatic heterocycles. The third-order valence-corrected chi connectivity index (χ3v) is 8.03. The van der Waals surface area contributed by atoms with E-state index in [-0.39, 0.29) is 17.4 Å². The van der Waals surface area contributed by atoms with Crippen LogP contribution in [0, 0.1) is 12.3 Å². The van der Waals surface area contributed by atoms with E-state index in [2.05, 4.69) is 34.2 Å². The molecular formula is C24H30N4O2S2. The molecule has 0 radical (unpaired) electrons. The van der Waals surface area contributed by atoms with Crippen molar-refractivity contribution in [2.24, 2.45) is 11.1 Å². The first kappa shape index (κ1) is 23.0. The summed E-state index contributed by atoms with van der Waals surface area (Å²) < 4.78 is 0. The Morgan fingerprint density at radius 3 is 2.62 bits per heavy atom. The molecule has 1 amide bonds. The van der Waals surface area contributed by atoms with Gasteiger partial charge in [0.1, 0.15) is 5.01 Å². The minimum atomic E-state index is -0.615. The van der Waals surface area contributed by atoms with Crippen molar-refractivity contribution in [2.45, 2.75) is 58.7 Å². The lowest BCUT2D eigenvalue weighted by Gasteiger charge is -2.32. The highest BCUT2D eigenvalue weighted by molar-refractivity contribution is 7.13. The average Bonchev–Trinajstić information content (AvgIpc) is 3.47. The zero-order chi connectivity index (χ0) is 23.0. The van der Waals surface area contributed by atoms with Gasteiger partial charge < -0.3 is 15.7 Å². The number of carbonyl (C=O) groups is 1. The highest BCUT2D eigenvalue weighted by Gasteiger charge is 2.41. The van der Waals surface area contributed by atoms with Gasteiger partial charge in [-0.25, -0.2) is 9.97 Å². The molecule has 0 aliphatic carbocycles. The van der Waals surface area contributed by atoms with Crippen LogP contribution in [-0.2, 0) is 11.2 Å². The van der Waals surface area contributed by atoms with Crippen molar-refractivity contribution >= 4 is 28.6 Å². The summed E-state index contributed by atoms with van der Waals surface area (Å²) >= 11 is 3.26.